The van der Waals surface area contributed by atoms with Gasteiger partial charge in [0, 0.05) is 27.8 Å². The molecule has 7 heteroatoms. The molecule has 0 fully saturated rings. The summed E-state index contributed by atoms with van der Waals surface area (Å²) in [4.78, 5) is 17.3. The lowest BCUT2D eigenvalue weighted by atomic mass is 10.3. The lowest BCUT2D eigenvalue weighted by Crippen LogP contribution is -2.38. The molecule has 0 aliphatic carbocycles. The Morgan fingerprint density at radius 1 is 1.53 bits per heavy atom. The molecule has 0 unspecified atom stereocenters. The molecule has 2 aromatic rings. The third-order valence-corrected chi connectivity index (χ3v) is 5.18. The average molecular weight is 360 g/mol. The minimum atomic E-state index is -0.0397. The fraction of sp³-hybridized carbons (Fsp3) is 0.333. The largest absolute Gasteiger partial charge is 0.352 e. The third-order valence-electron chi connectivity index (χ3n) is 2.43. The fourth-order valence-electron chi connectivity index (χ4n) is 1.48. The maximum Gasteiger partial charge on any atom is 0.226 e. The second-order valence-corrected chi connectivity index (χ2v) is 6.84. The Labute approximate surface area is 128 Å². The predicted molar refractivity (Wildman–Crippen MR) is 83.5 cm³/mol. The van der Waals surface area contributed by atoms with E-state index in [0.717, 1.165) is 20.1 Å². The minimum Gasteiger partial charge on any atom is -0.352 e. The van der Waals surface area contributed by atoms with Gasteiger partial charge in [-0.25, -0.2) is 4.98 Å². The van der Waals surface area contributed by atoms with Crippen LogP contribution in [0.25, 0.3) is 9.88 Å². The van der Waals surface area contributed by atoms with E-state index in [0.29, 0.717) is 13.0 Å². The molecule has 0 spiro atoms. The van der Waals surface area contributed by atoms with Crippen molar-refractivity contribution >= 4 is 44.5 Å². The molecule has 0 bridgehead atoms. The number of amides is 1. The van der Waals surface area contributed by atoms with E-state index in [2.05, 4.69) is 26.2 Å². The maximum absolute atomic E-state index is 11.7. The molecule has 0 aliphatic heterocycles. The third kappa shape index (κ3) is 4.10. The van der Waals surface area contributed by atoms with Gasteiger partial charge in [0.25, 0.3) is 0 Å². The molecule has 102 valence electrons. The molecule has 0 aromatic carbocycles. The summed E-state index contributed by atoms with van der Waals surface area (Å²) in [7, 11) is 0. The molecule has 19 heavy (non-hydrogen) atoms. The second kappa shape index (κ2) is 6.60. The van der Waals surface area contributed by atoms with E-state index in [1.165, 1.54) is 0 Å². The Morgan fingerprint density at radius 2 is 2.32 bits per heavy atom. The summed E-state index contributed by atoms with van der Waals surface area (Å²) >= 11 is 6.61. The molecular formula is C12H14BrN3OS2. The first-order valence-electron chi connectivity index (χ1n) is 5.76. The van der Waals surface area contributed by atoms with Crippen molar-refractivity contribution in [2.75, 3.05) is 6.54 Å². The van der Waals surface area contributed by atoms with Gasteiger partial charge in [-0.1, -0.05) is 0 Å². The van der Waals surface area contributed by atoms with E-state index >= 15 is 0 Å². The van der Waals surface area contributed by atoms with Crippen LogP contribution in [0.15, 0.2) is 21.3 Å². The van der Waals surface area contributed by atoms with Crippen LogP contribution >= 0.6 is 38.6 Å². The number of nitrogens with two attached hydrogens (primary N) is 1. The quantitative estimate of drug-likeness (QED) is 0.861. The van der Waals surface area contributed by atoms with Gasteiger partial charge in [-0.3, -0.25) is 4.79 Å². The predicted octanol–water partition coefficient (Wildman–Crippen LogP) is 2.64. The monoisotopic (exact) mass is 359 g/mol. The first kappa shape index (κ1) is 14.6. The highest BCUT2D eigenvalue weighted by molar-refractivity contribution is 9.10. The number of nitrogens with one attached hydrogen (secondary N) is 1. The van der Waals surface area contributed by atoms with Crippen molar-refractivity contribution in [3.05, 3.63) is 27.0 Å². The van der Waals surface area contributed by atoms with Crippen molar-refractivity contribution < 1.29 is 4.79 Å². The lowest BCUT2D eigenvalue weighted by molar-refractivity contribution is -0.121. The second-order valence-electron chi connectivity index (χ2n) is 4.15. The van der Waals surface area contributed by atoms with Crippen molar-refractivity contribution in [2.45, 2.75) is 19.4 Å². The highest BCUT2D eigenvalue weighted by atomic mass is 79.9. The topological polar surface area (TPSA) is 68.0 Å². The van der Waals surface area contributed by atoms with E-state index in [4.69, 9.17) is 5.73 Å². The van der Waals surface area contributed by atoms with Gasteiger partial charge in [0.15, 0.2) is 0 Å². The molecule has 2 heterocycles. The number of halogens is 1. The number of aromatic nitrogens is 1. The SMILES string of the molecule is C[C@@H](CN)NC(=O)Cc1csc(-c2cc(Br)cs2)n1. The van der Waals surface area contributed by atoms with Gasteiger partial charge < -0.3 is 11.1 Å². The summed E-state index contributed by atoms with van der Waals surface area (Å²) < 4.78 is 1.05. The minimum absolute atomic E-state index is 0.00106. The molecule has 1 atom stereocenters. The van der Waals surface area contributed by atoms with E-state index in [9.17, 15) is 4.79 Å². The normalized spacial score (nSPS) is 12.4. The average Bonchev–Trinajstić information content (AvgIpc) is 2.97. The Bertz CT molecular complexity index is 567. The summed E-state index contributed by atoms with van der Waals surface area (Å²) in [6, 6.07) is 2.03. The smallest absolute Gasteiger partial charge is 0.226 e. The number of nitrogens with zero attached hydrogens (tertiary/aromatic N) is 1. The van der Waals surface area contributed by atoms with Gasteiger partial charge in [-0.05, 0) is 28.9 Å². The van der Waals surface area contributed by atoms with E-state index < -0.39 is 0 Å². The Balaban J connectivity index is 2.00. The number of carbonyl (C=O) groups excluding carboxylic acids is 1. The zero-order valence-corrected chi connectivity index (χ0v) is 13.6. The molecule has 2 rings (SSSR count). The highest BCUT2D eigenvalue weighted by Gasteiger charge is 2.11. The molecule has 1 amide bonds. The molecular weight excluding hydrogens is 346 g/mol. The molecule has 4 nitrogen and oxygen atoms in total. The van der Waals surface area contributed by atoms with Crippen LogP contribution in [-0.4, -0.2) is 23.5 Å². The van der Waals surface area contributed by atoms with E-state index in [1.54, 1.807) is 22.7 Å². The number of carbonyl (C=O) groups is 1. The Morgan fingerprint density at radius 3 is 2.95 bits per heavy atom. The van der Waals surface area contributed by atoms with Crippen LogP contribution in [0.1, 0.15) is 12.6 Å². The fourth-order valence-corrected chi connectivity index (χ4v) is 3.80. The van der Waals surface area contributed by atoms with E-state index in [1.807, 2.05) is 23.8 Å². The number of hydrogen-bond donors (Lipinski definition) is 2. The molecule has 0 radical (unpaired) electrons. The van der Waals surface area contributed by atoms with Crippen molar-refractivity contribution in [3.8, 4) is 9.88 Å². The van der Waals surface area contributed by atoms with Crippen molar-refractivity contribution in [1.29, 1.82) is 0 Å². The van der Waals surface area contributed by atoms with Crippen LogP contribution in [0, 0.1) is 0 Å². The molecule has 0 aliphatic rings. The number of hydrogen-bond acceptors (Lipinski definition) is 5. The Kier molecular flexibility index (Phi) is 5.09. The zero-order chi connectivity index (χ0) is 13.8. The molecule has 0 saturated heterocycles. The highest BCUT2D eigenvalue weighted by Crippen LogP contribution is 2.31. The summed E-state index contributed by atoms with van der Waals surface area (Å²) in [6.07, 6.45) is 0.299. The van der Waals surface area contributed by atoms with Gasteiger partial charge in [-0.15, -0.1) is 22.7 Å². The summed E-state index contributed by atoms with van der Waals surface area (Å²) in [5.74, 6) is -0.0397. The number of thiazole rings is 1. The summed E-state index contributed by atoms with van der Waals surface area (Å²) in [6.45, 7) is 2.32. The van der Waals surface area contributed by atoms with Crippen molar-refractivity contribution in [2.24, 2.45) is 5.73 Å². The number of rotatable bonds is 5. The zero-order valence-electron chi connectivity index (χ0n) is 10.4. The molecule has 0 saturated carbocycles. The van der Waals surface area contributed by atoms with Crippen LogP contribution < -0.4 is 11.1 Å². The van der Waals surface area contributed by atoms with Gasteiger partial charge in [-0.2, -0.15) is 0 Å². The van der Waals surface area contributed by atoms with Crippen LogP contribution in [0.2, 0.25) is 0 Å². The van der Waals surface area contributed by atoms with Gasteiger partial charge in [0.1, 0.15) is 5.01 Å². The van der Waals surface area contributed by atoms with Crippen molar-refractivity contribution in [1.82, 2.24) is 10.3 Å². The van der Waals surface area contributed by atoms with Crippen LogP contribution in [0.3, 0.4) is 0 Å². The Hall–Kier alpha value is -0.760. The van der Waals surface area contributed by atoms with E-state index in [-0.39, 0.29) is 11.9 Å². The van der Waals surface area contributed by atoms with Gasteiger partial charge in [0.05, 0.1) is 17.0 Å². The summed E-state index contributed by atoms with van der Waals surface area (Å²) in [5.41, 5.74) is 6.26. The van der Waals surface area contributed by atoms with Gasteiger partial charge >= 0.3 is 0 Å². The van der Waals surface area contributed by atoms with Crippen LogP contribution in [0.4, 0.5) is 0 Å². The first-order chi connectivity index (χ1) is 9.08. The molecule has 2 aromatic heterocycles. The first-order valence-corrected chi connectivity index (χ1v) is 8.32. The van der Waals surface area contributed by atoms with Gasteiger partial charge in [0.2, 0.25) is 5.91 Å². The maximum atomic E-state index is 11.7. The van der Waals surface area contributed by atoms with Crippen molar-refractivity contribution in [3.63, 3.8) is 0 Å². The van der Waals surface area contributed by atoms with Crippen LogP contribution in [0.5, 0.6) is 0 Å². The number of thiophene rings is 1. The molecule has 3 N–H and O–H groups in total. The van der Waals surface area contributed by atoms with Crippen LogP contribution in [-0.2, 0) is 11.2 Å². The lowest BCUT2D eigenvalue weighted by Gasteiger charge is -2.09. The summed E-state index contributed by atoms with van der Waals surface area (Å²) in [5, 5.41) is 7.72. The standard InChI is InChI=1S/C12H14BrN3OS2/c1-7(4-14)15-11(17)3-9-6-19-12(16-9)10-2-8(13)5-18-10/h2,5-7H,3-4,14H2,1H3,(H,15,17)/t7-/m0/s1.